The smallest absolute Gasteiger partial charge is 0.305 e. The lowest BCUT2D eigenvalue weighted by Gasteiger charge is -2.39. The number of aryl methyl sites for hydroxylation is 1. The number of nitrogens with zero attached hydrogens (tertiary/aromatic N) is 1. The summed E-state index contributed by atoms with van der Waals surface area (Å²) in [6.07, 6.45) is -0.0830. The van der Waals surface area contributed by atoms with E-state index >= 15 is 0 Å². The van der Waals surface area contributed by atoms with Crippen LogP contribution in [0.25, 0.3) is 0 Å². The van der Waals surface area contributed by atoms with Crippen LogP contribution in [0.1, 0.15) is 30.5 Å². The van der Waals surface area contributed by atoms with Crippen molar-refractivity contribution in [1.29, 1.82) is 0 Å². The lowest BCUT2D eigenvalue weighted by atomic mass is 10.0. The molecule has 1 N–H and O–H groups in total. The van der Waals surface area contributed by atoms with Crippen LogP contribution in [-0.2, 0) is 9.53 Å². The molecule has 0 saturated carbocycles. The highest BCUT2D eigenvalue weighted by Crippen LogP contribution is 2.29. The SMILES string of the molecule is Cc1cc(F)c(C(C)N2CCOCC2CC(=O)O)cc1F. The maximum Gasteiger partial charge on any atom is 0.305 e. The molecule has 1 saturated heterocycles. The van der Waals surface area contributed by atoms with Crippen molar-refractivity contribution < 1.29 is 23.4 Å². The maximum absolute atomic E-state index is 14.1. The van der Waals surface area contributed by atoms with Gasteiger partial charge in [0, 0.05) is 24.2 Å². The fourth-order valence-corrected chi connectivity index (χ4v) is 2.72. The summed E-state index contributed by atoms with van der Waals surface area (Å²) in [5, 5.41) is 8.95. The standard InChI is InChI=1S/C15H19F2NO3/c1-9-5-14(17)12(7-13(9)16)10(2)18-3-4-21-8-11(18)6-15(19)20/h5,7,10-11H,3-4,6,8H2,1-2H3,(H,19,20). The Bertz CT molecular complexity index is 536. The molecule has 1 aliphatic heterocycles. The van der Waals surface area contributed by atoms with E-state index in [0.29, 0.717) is 13.2 Å². The summed E-state index contributed by atoms with van der Waals surface area (Å²) in [6, 6.07) is 1.62. The van der Waals surface area contributed by atoms with E-state index in [1.807, 2.05) is 4.90 Å². The number of carboxylic acids is 1. The highest BCUT2D eigenvalue weighted by atomic mass is 19.1. The summed E-state index contributed by atoms with van der Waals surface area (Å²) in [6.45, 7) is 4.50. The molecular weight excluding hydrogens is 280 g/mol. The molecule has 0 spiro atoms. The Morgan fingerprint density at radius 1 is 1.48 bits per heavy atom. The molecule has 1 fully saturated rings. The monoisotopic (exact) mass is 299 g/mol. The van der Waals surface area contributed by atoms with E-state index in [0.717, 1.165) is 0 Å². The quantitative estimate of drug-likeness (QED) is 0.928. The summed E-state index contributed by atoms with van der Waals surface area (Å²) < 4.78 is 33.1. The van der Waals surface area contributed by atoms with E-state index in [4.69, 9.17) is 9.84 Å². The second-order valence-electron chi connectivity index (χ2n) is 5.36. The lowest BCUT2D eigenvalue weighted by Crippen LogP contribution is -2.47. The molecule has 1 aromatic rings. The number of morpholine rings is 1. The van der Waals surface area contributed by atoms with Crippen LogP contribution >= 0.6 is 0 Å². The van der Waals surface area contributed by atoms with E-state index in [-0.39, 0.29) is 30.2 Å². The number of benzene rings is 1. The third-order valence-corrected chi connectivity index (χ3v) is 3.91. The number of halogens is 2. The molecule has 21 heavy (non-hydrogen) atoms. The number of ether oxygens (including phenoxy) is 1. The van der Waals surface area contributed by atoms with Gasteiger partial charge in [0.05, 0.1) is 19.6 Å². The Morgan fingerprint density at radius 3 is 2.86 bits per heavy atom. The zero-order valence-corrected chi connectivity index (χ0v) is 12.1. The van der Waals surface area contributed by atoms with Gasteiger partial charge in [-0.2, -0.15) is 0 Å². The topological polar surface area (TPSA) is 49.8 Å². The van der Waals surface area contributed by atoms with Crippen LogP contribution in [-0.4, -0.2) is 41.8 Å². The molecular formula is C15H19F2NO3. The Labute approximate surface area is 122 Å². The minimum Gasteiger partial charge on any atom is -0.481 e. The second-order valence-corrected chi connectivity index (χ2v) is 5.36. The molecule has 1 aliphatic rings. The molecule has 4 nitrogen and oxygen atoms in total. The minimum absolute atomic E-state index is 0.0830. The molecule has 0 aromatic heterocycles. The first-order chi connectivity index (χ1) is 9.90. The highest BCUT2D eigenvalue weighted by Gasteiger charge is 2.31. The van der Waals surface area contributed by atoms with Crippen molar-refractivity contribution in [2.24, 2.45) is 0 Å². The van der Waals surface area contributed by atoms with Gasteiger partial charge in [-0.25, -0.2) is 8.78 Å². The second kappa shape index (κ2) is 6.49. The summed E-state index contributed by atoms with van der Waals surface area (Å²) in [4.78, 5) is 12.8. The molecule has 116 valence electrons. The molecule has 0 bridgehead atoms. The van der Waals surface area contributed by atoms with Gasteiger partial charge in [0.1, 0.15) is 11.6 Å². The molecule has 0 amide bonds. The first-order valence-electron chi connectivity index (χ1n) is 6.91. The number of carbonyl (C=O) groups is 1. The zero-order valence-electron chi connectivity index (χ0n) is 12.1. The van der Waals surface area contributed by atoms with Gasteiger partial charge in [0.15, 0.2) is 0 Å². The number of aliphatic carboxylic acids is 1. The van der Waals surface area contributed by atoms with Crippen molar-refractivity contribution in [2.45, 2.75) is 32.4 Å². The van der Waals surface area contributed by atoms with Crippen LogP contribution in [0.5, 0.6) is 0 Å². The Hall–Kier alpha value is -1.53. The summed E-state index contributed by atoms with van der Waals surface area (Å²) in [7, 11) is 0. The van der Waals surface area contributed by atoms with E-state index < -0.39 is 23.6 Å². The zero-order chi connectivity index (χ0) is 15.6. The normalized spacial score (nSPS) is 21.2. The van der Waals surface area contributed by atoms with Gasteiger partial charge in [-0.3, -0.25) is 9.69 Å². The molecule has 0 radical (unpaired) electrons. The van der Waals surface area contributed by atoms with Gasteiger partial charge >= 0.3 is 5.97 Å². The molecule has 1 aromatic carbocycles. The van der Waals surface area contributed by atoms with E-state index in [1.165, 1.54) is 19.1 Å². The van der Waals surface area contributed by atoms with Gasteiger partial charge in [-0.15, -0.1) is 0 Å². The van der Waals surface area contributed by atoms with Crippen LogP contribution in [0.3, 0.4) is 0 Å². The molecule has 2 atom stereocenters. The Balaban J connectivity index is 2.26. The first-order valence-corrected chi connectivity index (χ1v) is 6.91. The molecule has 0 aliphatic carbocycles. The van der Waals surface area contributed by atoms with Crippen molar-refractivity contribution >= 4 is 5.97 Å². The average molecular weight is 299 g/mol. The van der Waals surface area contributed by atoms with Crippen molar-refractivity contribution in [1.82, 2.24) is 4.90 Å². The predicted molar refractivity (Wildman–Crippen MR) is 73.1 cm³/mol. The van der Waals surface area contributed by atoms with Gasteiger partial charge in [-0.05, 0) is 31.5 Å². The number of hydrogen-bond acceptors (Lipinski definition) is 3. The predicted octanol–water partition coefficient (Wildman–Crippen LogP) is 2.51. The summed E-state index contributed by atoms with van der Waals surface area (Å²) >= 11 is 0. The average Bonchev–Trinajstić information content (AvgIpc) is 2.42. The maximum atomic E-state index is 14.1. The van der Waals surface area contributed by atoms with Gasteiger partial charge in [0.25, 0.3) is 0 Å². The van der Waals surface area contributed by atoms with Crippen LogP contribution < -0.4 is 0 Å². The van der Waals surface area contributed by atoms with Crippen molar-refractivity contribution in [3.8, 4) is 0 Å². The number of carboxylic acid groups (broad SMARTS) is 1. The lowest BCUT2D eigenvalue weighted by molar-refractivity contribution is -0.140. The summed E-state index contributed by atoms with van der Waals surface area (Å²) in [5.74, 6) is -1.86. The molecule has 2 rings (SSSR count). The van der Waals surface area contributed by atoms with Gasteiger partial charge in [-0.1, -0.05) is 0 Å². The van der Waals surface area contributed by atoms with Gasteiger partial charge < -0.3 is 9.84 Å². The molecule has 6 heteroatoms. The minimum atomic E-state index is -0.932. The van der Waals surface area contributed by atoms with E-state index in [1.54, 1.807) is 6.92 Å². The van der Waals surface area contributed by atoms with Crippen molar-refractivity contribution in [3.63, 3.8) is 0 Å². The van der Waals surface area contributed by atoms with Crippen LogP contribution in [0.2, 0.25) is 0 Å². The third-order valence-electron chi connectivity index (χ3n) is 3.91. The Morgan fingerprint density at radius 2 is 2.19 bits per heavy atom. The Kier molecular flexibility index (Phi) is 4.90. The molecule has 2 unspecified atom stereocenters. The summed E-state index contributed by atoms with van der Waals surface area (Å²) in [5.41, 5.74) is 0.503. The van der Waals surface area contributed by atoms with E-state index in [2.05, 4.69) is 0 Å². The van der Waals surface area contributed by atoms with Crippen molar-refractivity contribution in [3.05, 3.63) is 34.9 Å². The largest absolute Gasteiger partial charge is 0.481 e. The number of rotatable bonds is 4. The third kappa shape index (κ3) is 3.57. The fraction of sp³-hybridized carbons (Fsp3) is 0.533. The number of hydrogen-bond donors (Lipinski definition) is 1. The molecule has 1 heterocycles. The fourth-order valence-electron chi connectivity index (χ4n) is 2.72. The van der Waals surface area contributed by atoms with Crippen molar-refractivity contribution in [2.75, 3.05) is 19.8 Å². The van der Waals surface area contributed by atoms with Crippen LogP contribution in [0.15, 0.2) is 12.1 Å². The van der Waals surface area contributed by atoms with Crippen LogP contribution in [0, 0.1) is 18.6 Å². The van der Waals surface area contributed by atoms with Crippen LogP contribution in [0.4, 0.5) is 8.78 Å². The van der Waals surface area contributed by atoms with Gasteiger partial charge in [0.2, 0.25) is 0 Å². The first kappa shape index (κ1) is 15.9. The van der Waals surface area contributed by atoms with E-state index in [9.17, 15) is 13.6 Å². The highest BCUT2D eigenvalue weighted by molar-refractivity contribution is 5.67.